The zero-order valence-electron chi connectivity index (χ0n) is 19.1. The summed E-state index contributed by atoms with van der Waals surface area (Å²) in [7, 11) is 1.60. The van der Waals surface area contributed by atoms with Crippen LogP contribution in [0.2, 0.25) is 0 Å². The molecule has 0 aliphatic rings. The van der Waals surface area contributed by atoms with Crippen molar-refractivity contribution in [2.24, 2.45) is 0 Å². The van der Waals surface area contributed by atoms with Crippen molar-refractivity contribution in [3.63, 3.8) is 0 Å². The lowest BCUT2D eigenvalue weighted by Crippen LogP contribution is -2.16. The number of anilines is 1. The van der Waals surface area contributed by atoms with Crippen LogP contribution in [0.1, 0.15) is 42.0 Å². The van der Waals surface area contributed by atoms with Gasteiger partial charge in [-0.15, -0.1) is 0 Å². The summed E-state index contributed by atoms with van der Waals surface area (Å²) in [6.07, 6.45) is 1.80. The maximum atomic E-state index is 12.7. The number of hydrogen-bond acceptors (Lipinski definition) is 5. The Morgan fingerprint density at radius 1 is 1.03 bits per heavy atom. The number of rotatable bonds is 10. The number of ether oxygens (including phenoxy) is 3. The zero-order chi connectivity index (χ0) is 22.9. The largest absolute Gasteiger partial charge is 0.493 e. The second-order valence-corrected chi connectivity index (χ2v) is 7.55. The van der Waals surface area contributed by atoms with Crippen LogP contribution in [0.5, 0.6) is 17.2 Å². The molecule has 1 amide bonds. The van der Waals surface area contributed by atoms with Crippen LogP contribution in [0.25, 0.3) is 0 Å². The molecule has 1 unspecified atom stereocenters. The number of nitrogens with one attached hydrogen (secondary N) is 1. The number of amides is 1. The number of carbonyl (C=O) groups excluding carboxylic acids is 1. The van der Waals surface area contributed by atoms with Crippen LogP contribution >= 0.6 is 0 Å². The lowest BCUT2D eigenvalue weighted by atomic mass is 10.1. The van der Waals surface area contributed by atoms with E-state index in [4.69, 9.17) is 14.2 Å². The molecule has 2 aromatic carbocycles. The Hall–Kier alpha value is -3.38. The number of aryl methyl sites for hydroxylation is 1. The quantitative estimate of drug-likeness (QED) is 0.437. The third-order valence-electron chi connectivity index (χ3n) is 4.90. The van der Waals surface area contributed by atoms with E-state index in [1.54, 1.807) is 31.4 Å². The van der Waals surface area contributed by atoms with Gasteiger partial charge in [-0.05, 0) is 68.8 Å². The average molecular weight is 435 g/mol. The Morgan fingerprint density at radius 2 is 1.75 bits per heavy atom. The SMILES string of the molecule is CCCOC(C)Cc1ccc(C(=O)Nc2ccc(Oc3ccccc3OC)cc2)c(C)n1. The molecule has 168 valence electrons. The molecule has 0 saturated heterocycles. The fourth-order valence-electron chi connectivity index (χ4n) is 3.27. The summed E-state index contributed by atoms with van der Waals surface area (Å²) in [5.74, 6) is 1.73. The monoisotopic (exact) mass is 434 g/mol. The minimum Gasteiger partial charge on any atom is -0.493 e. The molecule has 6 nitrogen and oxygen atoms in total. The Balaban J connectivity index is 1.62. The van der Waals surface area contributed by atoms with E-state index in [2.05, 4.69) is 17.2 Å². The van der Waals surface area contributed by atoms with Gasteiger partial charge in [-0.1, -0.05) is 19.1 Å². The molecular weight excluding hydrogens is 404 g/mol. The van der Waals surface area contributed by atoms with Crippen LogP contribution in [0.15, 0.2) is 60.7 Å². The van der Waals surface area contributed by atoms with E-state index in [0.717, 1.165) is 25.1 Å². The summed E-state index contributed by atoms with van der Waals surface area (Å²) in [6, 6.07) is 18.3. The molecule has 1 N–H and O–H groups in total. The number of nitrogens with zero attached hydrogens (tertiary/aromatic N) is 1. The summed E-state index contributed by atoms with van der Waals surface area (Å²) in [5, 5.41) is 2.92. The summed E-state index contributed by atoms with van der Waals surface area (Å²) >= 11 is 0. The van der Waals surface area contributed by atoms with Crippen LogP contribution in [0, 0.1) is 6.92 Å². The number of para-hydroxylation sites is 2. The van der Waals surface area contributed by atoms with Crippen molar-refractivity contribution < 1.29 is 19.0 Å². The van der Waals surface area contributed by atoms with Crippen molar-refractivity contribution in [1.29, 1.82) is 0 Å². The lowest BCUT2D eigenvalue weighted by molar-refractivity contribution is 0.0663. The molecule has 0 bridgehead atoms. The predicted molar refractivity (Wildman–Crippen MR) is 126 cm³/mol. The van der Waals surface area contributed by atoms with Crippen molar-refractivity contribution in [3.05, 3.63) is 77.6 Å². The molecule has 6 heteroatoms. The number of benzene rings is 2. The smallest absolute Gasteiger partial charge is 0.257 e. The minimum atomic E-state index is -0.199. The molecule has 0 aliphatic heterocycles. The van der Waals surface area contributed by atoms with E-state index in [1.165, 1.54) is 0 Å². The molecular formula is C26H30N2O4. The highest BCUT2D eigenvalue weighted by Crippen LogP contribution is 2.31. The molecule has 1 aromatic heterocycles. The first-order chi connectivity index (χ1) is 15.5. The van der Waals surface area contributed by atoms with E-state index in [-0.39, 0.29) is 12.0 Å². The Bertz CT molecular complexity index is 1030. The van der Waals surface area contributed by atoms with Crippen molar-refractivity contribution in [1.82, 2.24) is 4.98 Å². The normalized spacial score (nSPS) is 11.6. The highest BCUT2D eigenvalue weighted by atomic mass is 16.5. The maximum absolute atomic E-state index is 12.7. The lowest BCUT2D eigenvalue weighted by Gasteiger charge is -2.13. The van der Waals surface area contributed by atoms with Gasteiger partial charge in [0.25, 0.3) is 5.91 Å². The van der Waals surface area contributed by atoms with Gasteiger partial charge in [-0.25, -0.2) is 0 Å². The number of pyridine rings is 1. The van der Waals surface area contributed by atoms with Gasteiger partial charge in [-0.3, -0.25) is 9.78 Å². The third kappa shape index (κ3) is 6.31. The number of hydrogen-bond donors (Lipinski definition) is 1. The maximum Gasteiger partial charge on any atom is 0.257 e. The van der Waals surface area contributed by atoms with Gasteiger partial charge < -0.3 is 19.5 Å². The van der Waals surface area contributed by atoms with Gasteiger partial charge in [0.1, 0.15) is 5.75 Å². The fraction of sp³-hybridized carbons (Fsp3) is 0.308. The number of aromatic nitrogens is 1. The molecule has 0 saturated carbocycles. The van der Waals surface area contributed by atoms with Crippen molar-refractivity contribution in [2.45, 2.75) is 39.7 Å². The molecule has 3 aromatic rings. The first kappa shape index (κ1) is 23.3. The van der Waals surface area contributed by atoms with Gasteiger partial charge in [0.15, 0.2) is 11.5 Å². The second kappa shape index (κ2) is 11.3. The van der Waals surface area contributed by atoms with Gasteiger partial charge in [0.05, 0.1) is 24.5 Å². The van der Waals surface area contributed by atoms with Gasteiger partial charge in [0, 0.05) is 24.4 Å². The van der Waals surface area contributed by atoms with Crippen molar-refractivity contribution in [2.75, 3.05) is 19.0 Å². The average Bonchev–Trinajstić information content (AvgIpc) is 2.79. The van der Waals surface area contributed by atoms with E-state index >= 15 is 0 Å². The zero-order valence-corrected chi connectivity index (χ0v) is 19.1. The Morgan fingerprint density at radius 3 is 2.41 bits per heavy atom. The van der Waals surface area contributed by atoms with Gasteiger partial charge >= 0.3 is 0 Å². The van der Waals surface area contributed by atoms with Crippen LogP contribution in [0.4, 0.5) is 5.69 Å². The summed E-state index contributed by atoms with van der Waals surface area (Å²) < 4.78 is 16.9. The van der Waals surface area contributed by atoms with E-state index < -0.39 is 0 Å². The summed E-state index contributed by atoms with van der Waals surface area (Å²) in [6.45, 7) is 6.71. The molecule has 0 aliphatic carbocycles. The molecule has 32 heavy (non-hydrogen) atoms. The number of carbonyl (C=O) groups is 1. The second-order valence-electron chi connectivity index (χ2n) is 7.55. The first-order valence-electron chi connectivity index (χ1n) is 10.8. The molecule has 1 heterocycles. The Labute approximate surface area is 189 Å². The van der Waals surface area contributed by atoms with Crippen LogP contribution in [-0.4, -0.2) is 30.7 Å². The standard InChI is InChI=1S/C26H30N2O4/c1-5-16-31-18(2)17-21-12-15-23(19(3)27-21)26(29)28-20-10-13-22(14-11-20)32-25-9-7-6-8-24(25)30-4/h6-15,18H,5,16-17H2,1-4H3,(H,28,29). The van der Waals surface area contributed by atoms with Crippen LogP contribution in [0.3, 0.4) is 0 Å². The predicted octanol–water partition coefficient (Wildman–Crippen LogP) is 5.80. The van der Waals surface area contributed by atoms with Crippen molar-refractivity contribution >= 4 is 11.6 Å². The van der Waals surface area contributed by atoms with Crippen LogP contribution in [-0.2, 0) is 11.2 Å². The van der Waals surface area contributed by atoms with E-state index in [9.17, 15) is 4.79 Å². The third-order valence-corrected chi connectivity index (χ3v) is 4.90. The topological polar surface area (TPSA) is 69.7 Å². The van der Waals surface area contributed by atoms with Gasteiger partial charge in [0.2, 0.25) is 0 Å². The van der Waals surface area contributed by atoms with Gasteiger partial charge in [-0.2, -0.15) is 0 Å². The number of methoxy groups -OCH3 is 1. The summed E-state index contributed by atoms with van der Waals surface area (Å²) in [4.78, 5) is 17.3. The van der Waals surface area contributed by atoms with Crippen LogP contribution < -0.4 is 14.8 Å². The molecule has 0 radical (unpaired) electrons. The molecule has 3 rings (SSSR count). The van der Waals surface area contributed by atoms with E-state index in [1.807, 2.05) is 50.2 Å². The molecule has 1 atom stereocenters. The van der Waals surface area contributed by atoms with E-state index in [0.29, 0.717) is 34.2 Å². The van der Waals surface area contributed by atoms with Crippen molar-refractivity contribution in [3.8, 4) is 17.2 Å². The minimum absolute atomic E-state index is 0.0955. The molecule has 0 fully saturated rings. The molecule has 0 spiro atoms. The first-order valence-corrected chi connectivity index (χ1v) is 10.8. The summed E-state index contributed by atoms with van der Waals surface area (Å²) in [5.41, 5.74) is 2.83. The highest BCUT2D eigenvalue weighted by Gasteiger charge is 2.13. The fourth-order valence-corrected chi connectivity index (χ4v) is 3.27. The Kier molecular flexibility index (Phi) is 8.22. The highest BCUT2D eigenvalue weighted by molar-refractivity contribution is 6.05.